The van der Waals surface area contributed by atoms with Crippen LogP contribution in [0.2, 0.25) is 5.02 Å². The lowest BCUT2D eigenvalue weighted by Crippen LogP contribution is -2.44. The average Bonchev–Trinajstić information content (AvgIpc) is 2.29. The van der Waals surface area contributed by atoms with Crippen molar-refractivity contribution in [3.05, 3.63) is 34.9 Å². The second kappa shape index (κ2) is 6.25. The van der Waals surface area contributed by atoms with E-state index in [0.717, 1.165) is 0 Å². The van der Waals surface area contributed by atoms with Crippen LogP contribution in [-0.2, 0) is 4.79 Å². The first-order chi connectivity index (χ1) is 8.06. The van der Waals surface area contributed by atoms with E-state index in [0.29, 0.717) is 17.1 Å². The van der Waals surface area contributed by atoms with Crippen molar-refractivity contribution in [3.8, 4) is 0 Å². The zero-order valence-corrected chi connectivity index (χ0v) is 10.5. The number of benzene rings is 1. The molecule has 4 nitrogen and oxygen atoms in total. The van der Waals surface area contributed by atoms with E-state index in [2.05, 4.69) is 10.6 Å². The van der Waals surface area contributed by atoms with E-state index in [1.54, 1.807) is 31.2 Å². The van der Waals surface area contributed by atoms with Crippen LogP contribution in [0.5, 0.6) is 0 Å². The fraction of sp³-hybridized carbons (Fsp3) is 0.333. The fourth-order valence-corrected chi connectivity index (χ4v) is 1.53. The summed E-state index contributed by atoms with van der Waals surface area (Å²) in [5.41, 5.74) is 0.366. The van der Waals surface area contributed by atoms with Gasteiger partial charge in [-0.15, -0.1) is 0 Å². The summed E-state index contributed by atoms with van der Waals surface area (Å²) in [6.45, 7) is 3.98. The molecule has 1 aromatic carbocycles. The first-order valence-corrected chi connectivity index (χ1v) is 5.77. The van der Waals surface area contributed by atoms with Crippen molar-refractivity contribution >= 4 is 23.4 Å². The van der Waals surface area contributed by atoms with Gasteiger partial charge in [0.05, 0.1) is 10.6 Å². The second-order valence-electron chi connectivity index (χ2n) is 3.57. The maximum absolute atomic E-state index is 11.8. The molecular weight excluding hydrogens is 240 g/mol. The minimum Gasteiger partial charge on any atom is -0.355 e. The van der Waals surface area contributed by atoms with Crippen LogP contribution in [0.15, 0.2) is 24.3 Å². The van der Waals surface area contributed by atoms with Crippen LogP contribution < -0.4 is 10.6 Å². The van der Waals surface area contributed by atoms with Crippen LogP contribution in [0.1, 0.15) is 24.2 Å². The minimum absolute atomic E-state index is 0.215. The van der Waals surface area contributed by atoms with Gasteiger partial charge in [0, 0.05) is 6.54 Å². The predicted molar refractivity (Wildman–Crippen MR) is 67.1 cm³/mol. The summed E-state index contributed by atoms with van der Waals surface area (Å²) in [5.74, 6) is -0.567. The molecule has 0 bridgehead atoms. The van der Waals surface area contributed by atoms with Crippen molar-refractivity contribution in [2.45, 2.75) is 19.9 Å². The number of rotatable bonds is 4. The van der Waals surface area contributed by atoms with E-state index in [4.69, 9.17) is 11.6 Å². The van der Waals surface area contributed by atoms with Gasteiger partial charge in [0.2, 0.25) is 5.91 Å². The smallest absolute Gasteiger partial charge is 0.253 e. The molecule has 0 spiro atoms. The molecule has 1 rings (SSSR count). The first-order valence-electron chi connectivity index (χ1n) is 5.39. The number of halogens is 1. The zero-order chi connectivity index (χ0) is 12.8. The largest absolute Gasteiger partial charge is 0.355 e. The number of carbonyl (C=O) groups excluding carboxylic acids is 2. The van der Waals surface area contributed by atoms with Gasteiger partial charge in [0.25, 0.3) is 5.91 Å². The second-order valence-corrected chi connectivity index (χ2v) is 3.98. The van der Waals surface area contributed by atoms with E-state index in [-0.39, 0.29) is 11.8 Å². The molecule has 0 aliphatic heterocycles. The standard InChI is InChI=1S/C12H15ClN2O2/c1-3-14-11(16)8(2)15-12(17)9-6-4-5-7-10(9)13/h4-8H,3H2,1-2H3,(H,14,16)(H,15,17). The summed E-state index contributed by atoms with van der Waals surface area (Å²) in [6, 6.07) is 6.12. The van der Waals surface area contributed by atoms with Crippen molar-refractivity contribution in [2.24, 2.45) is 0 Å². The molecule has 0 aliphatic carbocycles. The number of nitrogens with one attached hydrogen (secondary N) is 2. The Hall–Kier alpha value is -1.55. The van der Waals surface area contributed by atoms with Gasteiger partial charge in [0.15, 0.2) is 0 Å². The summed E-state index contributed by atoms with van der Waals surface area (Å²) in [4.78, 5) is 23.2. The molecule has 1 unspecified atom stereocenters. The van der Waals surface area contributed by atoms with Crippen molar-refractivity contribution in [1.29, 1.82) is 0 Å². The summed E-state index contributed by atoms with van der Waals surface area (Å²) in [5, 5.41) is 5.58. The Labute approximate surface area is 105 Å². The third-order valence-electron chi connectivity index (χ3n) is 2.21. The molecule has 0 fully saturated rings. The molecule has 0 saturated carbocycles. The predicted octanol–water partition coefficient (Wildman–Crippen LogP) is 1.59. The third kappa shape index (κ3) is 3.75. The number of likely N-dealkylation sites (N-methyl/N-ethyl adjacent to an activating group) is 1. The number of amides is 2. The number of hydrogen-bond donors (Lipinski definition) is 2. The molecule has 2 amide bonds. The highest BCUT2D eigenvalue weighted by atomic mass is 35.5. The quantitative estimate of drug-likeness (QED) is 0.857. The van der Waals surface area contributed by atoms with Crippen molar-refractivity contribution in [1.82, 2.24) is 10.6 Å². The highest BCUT2D eigenvalue weighted by molar-refractivity contribution is 6.33. The van der Waals surface area contributed by atoms with Crippen LogP contribution in [0.3, 0.4) is 0 Å². The van der Waals surface area contributed by atoms with Crippen molar-refractivity contribution in [2.75, 3.05) is 6.54 Å². The molecule has 17 heavy (non-hydrogen) atoms. The summed E-state index contributed by atoms with van der Waals surface area (Å²) >= 11 is 5.88. The third-order valence-corrected chi connectivity index (χ3v) is 2.54. The molecule has 0 saturated heterocycles. The maximum Gasteiger partial charge on any atom is 0.253 e. The Morgan fingerprint density at radius 1 is 1.35 bits per heavy atom. The van der Waals surface area contributed by atoms with Crippen LogP contribution >= 0.6 is 11.6 Å². The lowest BCUT2D eigenvalue weighted by Gasteiger charge is -2.13. The van der Waals surface area contributed by atoms with Crippen LogP contribution in [0.4, 0.5) is 0 Å². The molecule has 5 heteroatoms. The SMILES string of the molecule is CCNC(=O)C(C)NC(=O)c1ccccc1Cl. The molecule has 1 aromatic rings. The van der Waals surface area contributed by atoms with Gasteiger partial charge in [-0.05, 0) is 26.0 Å². The molecule has 1 atom stereocenters. The van der Waals surface area contributed by atoms with Gasteiger partial charge >= 0.3 is 0 Å². The lowest BCUT2D eigenvalue weighted by molar-refractivity contribution is -0.122. The molecule has 2 N–H and O–H groups in total. The van der Waals surface area contributed by atoms with E-state index in [1.165, 1.54) is 0 Å². The number of carbonyl (C=O) groups is 2. The highest BCUT2D eigenvalue weighted by Crippen LogP contribution is 2.14. The summed E-state index contributed by atoms with van der Waals surface area (Å²) < 4.78 is 0. The van der Waals surface area contributed by atoms with E-state index in [9.17, 15) is 9.59 Å². The lowest BCUT2D eigenvalue weighted by atomic mass is 10.2. The topological polar surface area (TPSA) is 58.2 Å². The Morgan fingerprint density at radius 2 is 2.00 bits per heavy atom. The van der Waals surface area contributed by atoms with Crippen LogP contribution in [0.25, 0.3) is 0 Å². The highest BCUT2D eigenvalue weighted by Gasteiger charge is 2.17. The van der Waals surface area contributed by atoms with Gasteiger partial charge in [-0.25, -0.2) is 0 Å². The Bertz CT molecular complexity index is 421. The minimum atomic E-state index is -0.585. The fourth-order valence-electron chi connectivity index (χ4n) is 1.31. The Morgan fingerprint density at radius 3 is 2.59 bits per heavy atom. The maximum atomic E-state index is 11.8. The van der Waals surface area contributed by atoms with Crippen molar-refractivity contribution < 1.29 is 9.59 Å². The molecule has 0 heterocycles. The molecular formula is C12H15ClN2O2. The van der Waals surface area contributed by atoms with E-state index in [1.807, 2.05) is 6.92 Å². The summed E-state index contributed by atoms with van der Waals surface area (Å²) in [6.07, 6.45) is 0. The Balaban J connectivity index is 2.67. The first kappa shape index (κ1) is 13.5. The zero-order valence-electron chi connectivity index (χ0n) is 9.79. The van der Waals surface area contributed by atoms with Gasteiger partial charge in [-0.2, -0.15) is 0 Å². The molecule has 92 valence electrons. The summed E-state index contributed by atoms with van der Waals surface area (Å²) in [7, 11) is 0. The van der Waals surface area contributed by atoms with Crippen LogP contribution in [-0.4, -0.2) is 24.4 Å². The monoisotopic (exact) mass is 254 g/mol. The molecule has 0 radical (unpaired) electrons. The Kier molecular flexibility index (Phi) is 4.97. The van der Waals surface area contributed by atoms with Gasteiger partial charge in [-0.3, -0.25) is 9.59 Å². The van der Waals surface area contributed by atoms with Gasteiger partial charge in [0.1, 0.15) is 6.04 Å². The molecule has 0 aliphatic rings. The normalized spacial score (nSPS) is 11.7. The van der Waals surface area contributed by atoms with E-state index < -0.39 is 6.04 Å². The van der Waals surface area contributed by atoms with Gasteiger partial charge < -0.3 is 10.6 Å². The number of hydrogen-bond acceptors (Lipinski definition) is 2. The molecule has 0 aromatic heterocycles. The van der Waals surface area contributed by atoms with E-state index >= 15 is 0 Å². The average molecular weight is 255 g/mol. The van der Waals surface area contributed by atoms with Crippen LogP contribution in [0, 0.1) is 0 Å². The van der Waals surface area contributed by atoms with Gasteiger partial charge in [-0.1, -0.05) is 23.7 Å². The van der Waals surface area contributed by atoms with Crippen molar-refractivity contribution in [3.63, 3.8) is 0 Å².